The van der Waals surface area contributed by atoms with E-state index in [1.165, 1.54) is 25.7 Å². The number of hydrogen-bond acceptors (Lipinski definition) is 4. The van der Waals surface area contributed by atoms with E-state index in [0.717, 1.165) is 36.4 Å². The molecule has 0 amide bonds. The lowest BCUT2D eigenvalue weighted by molar-refractivity contribution is 0.355. The molecule has 0 spiro atoms. The van der Waals surface area contributed by atoms with Crippen LogP contribution in [0.5, 0.6) is 5.75 Å². The van der Waals surface area contributed by atoms with Gasteiger partial charge in [0, 0.05) is 6.54 Å². The van der Waals surface area contributed by atoms with Crippen molar-refractivity contribution in [1.29, 1.82) is 0 Å². The first-order valence-corrected chi connectivity index (χ1v) is 8.13. The van der Waals surface area contributed by atoms with E-state index in [-0.39, 0.29) is 6.04 Å². The first-order valence-electron chi connectivity index (χ1n) is 8.13. The van der Waals surface area contributed by atoms with Crippen molar-refractivity contribution >= 4 is 0 Å². The van der Waals surface area contributed by atoms with Crippen molar-refractivity contribution in [1.82, 2.24) is 14.7 Å². The van der Waals surface area contributed by atoms with Crippen molar-refractivity contribution in [3.63, 3.8) is 0 Å². The molecule has 2 fully saturated rings. The molecule has 2 aliphatic carbocycles. The molecule has 3 atom stereocenters. The number of rotatable bonds is 6. The normalized spacial score (nSPS) is 29.3. The second-order valence-electron chi connectivity index (χ2n) is 6.84. The van der Waals surface area contributed by atoms with E-state index in [4.69, 9.17) is 10.5 Å². The van der Waals surface area contributed by atoms with Crippen molar-refractivity contribution in [2.24, 2.45) is 23.5 Å². The molecule has 2 N–H and O–H groups in total. The van der Waals surface area contributed by atoms with Gasteiger partial charge in [-0.3, -0.25) is 4.68 Å². The Balaban J connectivity index is 1.77. The lowest BCUT2D eigenvalue weighted by Gasteiger charge is -2.17. The third kappa shape index (κ3) is 2.81. The summed E-state index contributed by atoms with van der Waals surface area (Å²) in [4.78, 5) is 2.17. The predicted octanol–water partition coefficient (Wildman–Crippen LogP) is 1.89. The number of aromatic nitrogens is 2. The molecular weight excluding hydrogens is 264 g/mol. The molecular formula is C16H28N4O. The van der Waals surface area contributed by atoms with Crippen LogP contribution in [0, 0.1) is 17.8 Å². The van der Waals surface area contributed by atoms with Gasteiger partial charge < -0.3 is 15.4 Å². The Labute approximate surface area is 127 Å². The van der Waals surface area contributed by atoms with Gasteiger partial charge in [-0.1, -0.05) is 12.8 Å². The highest BCUT2D eigenvalue weighted by molar-refractivity contribution is 5.30. The second kappa shape index (κ2) is 5.97. The van der Waals surface area contributed by atoms with Gasteiger partial charge in [-0.25, -0.2) is 0 Å². The third-order valence-corrected chi connectivity index (χ3v) is 5.28. The molecule has 0 aromatic carbocycles. The lowest BCUT2D eigenvalue weighted by atomic mass is 10.0. The molecule has 2 saturated carbocycles. The lowest BCUT2D eigenvalue weighted by Crippen LogP contribution is -2.24. The predicted molar refractivity (Wildman–Crippen MR) is 83.2 cm³/mol. The molecule has 0 radical (unpaired) electrons. The second-order valence-corrected chi connectivity index (χ2v) is 6.84. The van der Waals surface area contributed by atoms with Gasteiger partial charge >= 0.3 is 0 Å². The van der Waals surface area contributed by atoms with Crippen LogP contribution in [0.25, 0.3) is 0 Å². The number of fused-ring (bicyclic) bond motifs is 1. The fraction of sp³-hybridized carbons (Fsp3) is 0.812. The summed E-state index contributed by atoms with van der Waals surface area (Å²) in [6, 6.07) is 0.0673. The highest BCUT2D eigenvalue weighted by atomic mass is 16.5. The maximum Gasteiger partial charge on any atom is 0.161 e. The summed E-state index contributed by atoms with van der Waals surface area (Å²) in [5.41, 5.74) is 7.73. The van der Waals surface area contributed by atoms with Crippen LogP contribution in [0.4, 0.5) is 0 Å². The first kappa shape index (κ1) is 14.9. The highest BCUT2D eigenvalue weighted by Gasteiger charge is 2.54. The number of methoxy groups -OCH3 is 1. The Hall–Kier alpha value is -1.07. The smallest absolute Gasteiger partial charge is 0.161 e. The molecule has 3 unspecified atom stereocenters. The fourth-order valence-corrected chi connectivity index (χ4v) is 4.11. The van der Waals surface area contributed by atoms with E-state index in [1.54, 1.807) is 7.11 Å². The van der Waals surface area contributed by atoms with Crippen LogP contribution < -0.4 is 10.5 Å². The molecule has 2 aliphatic rings. The van der Waals surface area contributed by atoms with Crippen LogP contribution in [0.1, 0.15) is 37.4 Å². The van der Waals surface area contributed by atoms with Gasteiger partial charge in [0.05, 0.1) is 31.6 Å². The number of hydrogen-bond donors (Lipinski definition) is 1. The van der Waals surface area contributed by atoms with E-state index in [0.29, 0.717) is 5.92 Å². The molecule has 0 aliphatic heterocycles. The number of nitrogens with zero attached hydrogens (tertiary/aromatic N) is 3. The summed E-state index contributed by atoms with van der Waals surface area (Å²) in [7, 11) is 5.87. The highest BCUT2D eigenvalue weighted by Crippen LogP contribution is 2.60. The Morgan fingerprint density at radius 3 is 2.62 bits per heavy atom. The molecule has 0 bridgehead atoms. The quantitative estimate of drug-likeness (QED) is 0.870. The van der Waals surface area contributed by atoms with E-state index in [1.807, 2.05) is 10.9 Å². The summed E-state index contributed by atoms with van der Waals surface area (Å²) in [5, 5.41) is 4.49. The summed E-state index contributed by atoms with van der Waals surface area (Å²) < 4.78 is 7.56. The average Bonchev–Trinajstić information content (AvgIpc) is 3.06. The largest absolute Gasteiger partial charge is 0.493 e. The first-order chi connectivity index (χ1) is 10.1. The molecule has 21 heavy (non-hydrogen) atoms. The van der Waals surface area contributed by atoms with E-state index < -0.39 is 0 Å². The Bertz CT molecular complexity index is 473. The van der Waals surface area contributed by atoms with Crippen LogP contribution in [-0.2, 0) is 6.54 Å². The summed E-state index contributed by atoms with van der Waals surface area (Å²) in [6.07, 6.45) is 7.29. The molecule has 1 heterocycles. The average molecular weight is 292 g/mol. The minimum absolute atomic E-state index is 0.0673. The van der Waals surface area contributed by atoms with Gasteiger partial charge in [0.1, 0.15) is 0 Å². The number of ether oxygens (including phenoxy) is 1. The van der Waals surface area contributed by atoms with E-state index >= 15 is 0 Å². The maximum atomic E-state index is 6.63. The van der Waals surface area contributed by atoms with Crippen LogP contribution in [-0.4, -0.2) is 42.4 Å². The van der Waals surface area contributed by atoms with Gasteiger partial charge in [0.25, 0.3) is 0 Å². The van der Waals surface area contributed by atoms with Crippen molar-refractivity contribution in [2.75, 3.05) is 27.7 Å². The number of likely N-dealkylation sites (N-methyl/N-ethyl adjacent to an activating group) is 1. The van der Waals surface area contributed by atoms with E-state index in [2.05, 4.69) is 24.1 Å². The van der Waals surface area contributed by atoms with Crippen LogP contribution in [0.2, 0.25) is 0 Å². The van der Waals surface area contributed by atoms with Crippen LogP contribution >= 0.6 is 0 Å². The van der Waals surface area contributed by atoms with Gasteiger partial charge in [-0.05, 0) is 44.7 Å². The zero-order valence-corrected chi connectivity index (χ0v) is 13.5. The molecule has 5 heteroatoms. The van der Waals surface area contributed by atoms with Crippen molar-refractivity contribution in [2.45, 2.75) is 38.3 Å². The van der Waals surface area contributed by atoms with Crippen LogP contribution in [0.15, 0.2) is 6.20 Å². The zero-order chi connectivity index (χ0) is 15.0. The molecule has 1 aromatic rings. The third-order valence-electron chi connectivity index (χ3n) is 5.28. The zero-order valence-electron chi connectivity index (χ0n) is 13.5. The molecule has 118 valence electrons. The SMILES string of the molecule is COc1cnn(CCN(C)C)c1C(N)C1C2CCCCC21. The van der Waals surface area contributed by atoms with Gasteiger partial charge in [-0.15, -0.1) is 0 Å². The molecule has 0 saturated heterocycles. The van der Waals surface area contributed by atoms with Crippen molar-refractivity contribution < 1.29 is 4.74 Å². The molecule has 5 nitrogen and oxygen atoms in total. The van der Waals surface area contributed by atoms with Gasteiger partial charge in [-0.2, -0.15) is 5.10 Å². The standard InChI is InChI=1S/C16H28N4O/c1-19(2)8-9-20-16(13(21-3)10-18-20)15(17)14-11-6-4-5-7-12(11)14/h10-12,14-15H,4-9,17H2,1-3H3. The Kier molecular flexibility index (Phi) is 4.22. The van der Waals surface area contributed by atoms with E-state index in [9.17, 15) is 0 Å². The maximum absolute atomic E-state index is 6.63. The van der Waals surface area contributed by atoms with Crippen molar-refractivity contribution in [3.05, 3.63) is 11.9 Å². The van der Waals surface area contributed by atoms with Crippen LogP contribution in [0.3, 0.4) is 0 Å². The number of nitrogens with two attached hydrogens (primary N) is 1. The van der Waals surface area contributed by atoms with Gasteiger partial charge in [0.15, 0.2) is 5.75 Å². The Morgan fingerprint density at radius 2 is 2.05 bits per heavy atom. The fourth-order valence-electron chi connectivity index (χ4n) is 4.11. The topological polar surface area (TPSA) is 56.3 Å². The Morgan fingerprint density at radius 1 is 1.38 bits per heavy atom. The minimum atomic E-state index is 0.0673. The van der Waals surface area contributed by atoms with Crippen molar-refractivity contribution in [3.8, 4) is 5.75 Å². The molecule has 3 rings (SSSR count). The minimum Gasteiger partial charge on any atom is -0.493 e. The molecule has 1 aromatic heterocycles. The summed E-state index contributed by atoms with van der Waals surface area (Å²) in [6.45, 7) is 1.82. The van der Waals surface area contributed by atoms with Gasteiger partial charge in [0.2, 0.25) is 0 Å². The monoisotopic (exact) mass is 292 g/mol. The summed E-state index contributed by atoms with van der Waals surface area (Å²) in [5.74, 6) is 3.17. The summed E-state index contributed by atoms with van der Waals surface area (Å²) >= 11 is 0.